The molecule has 12 bridgehead atoms. The first kappa shape index (κ1) is 71.5. The minimum absolute atomic E-state index is 0.0324. The lowest BCUT2D eigenvalue weighted by molar-refractivity contribution is -0.386. The number of nitro benzene ring substituents is 1. The summed E-state index contributed by atoms with van der Waals surface area (Å²) < 4.78 is 106. The maximum absolute atomic E-state index is 12.7. The van der Waals surface area contributed by atoms with E-state index in [1.165, 1.54) is 47.6 Å². The topological polar surface area (TPSA) is 262 Å². The van der Waals surface area contributed by atoms with Crippen molar-refractivity contribution in [2.45, 2.75) is 89.4 Å². The van der Waals surface area contributed by atoms with Crippen molar-refractivity contribution in [3.63, 3.8) is 0 Å². The molecule has 8 heterocycles. The Hall–Kier alpha value is -9.76. The average Bonchev–Trinajstić information content (AvgIpc) is 0.743. The minimum atomic E-state index is -3.11. The van der Waals surface area contributed by atoms with E-state index in [2.05, 4.69) is 115 Å². The minimum Gasteiger partial charge on any atom is -0.502 e. The second-order valence-corrected chi connectivity index (χ2v) is 26.5. The summed E-state index contributed by atoms with van der Waals surface area (Å²) in [6, 6.07) is 39.5. The maximum Gasteiger partial charge on any atom is 0.425 e. The molecule has 8 aromatic carbocycles. The molecule has 0 radical (unpaired) electrons. The number of likely N-dealkylation sites (N-methyl/N-ethyl adjacent to an activating group) is 4. The average molecular weight is 1400 g/mol. The molecule has 0 amide bonds. The molecule has 0 aromatic heterocycles. The third-order valence-corrected chi connectivity index (χ3v) is 19.8. The Balaban J connectivity index is 0.000000183. The molecule has 23 nitrogen and oxygen atoms in total. The molecule has 1 N–H and O–H groups in total. The Morgan fingerprint density at radius 2 is 0.830 bits per heavy atom. The number of rotatable bonds is 6. The molecule has 8 aliphatic rings. The van der Waals surface area contributed by atoms with E-state index in [4.69, 9.17) is 67.9 Å². The number of hydrogen-bond acceptors (Lipinski definition) is 22. The first-order valence-electron chi connectivity index (χ1n) is 32.7. The van der Waals surface area contributed by atoms with Crippen LogP contribution in [-0.4, -0.2) is 145 Å². The predicted octanol–water partition coefficient (Wildman–Crippen LogP) is 12.5. The fourth-order valence-electron chi connectivity index (χ4n) is 14.7. The van der Waals surface area contributed by atoms with Crippen LogP contribution in [0.3, 0.4) is 0 Å². The van der Waals surface area contributed by atoms with Crippen molar-refractivity contribution in [1.29, 1.82) is 0 Å². The van der Waals surface area contributed by atoms with Crippen LogP contribution in [0.1, 0.15) is 102 Å². The first-order valence-corrected chi connectivity index (χ1v) is 34.7. The van der Waals surface area contributed by atoms with Crippen molar-refractivity contribution in [3.8, 4) is 80.5 Å². The van der Waals surface area contributed by atoms with E-state index in [0.717, 1.165) is 102 Å². The summed E-state index contributed by atoms with van der Waals surface area (Å²) in [4.78, 5) is 21.7. The van der Waals surface area contributed by atoms with Crippen LogP contribution in [0.4, 0.5) is 5.69 Å². The normalized spacial score (nSPS) is 18.2. The number of phenolic OH excluding ortho intramolecular Hbond substituents is 1. The van der Waals surface area contributed by atoms with Gasteiger partial charge in [-0.15, -0.1) is 25.3 Å². The van der Waals surface area contributed by atoms with Gasteiger partial charge in [0.2, 0.25) is 17.2 Å². The highest BCUT2D eigenvalue weighted by atomic mass is 32.2. The van der Waals surface area contributed by atoms with E-state index in [-0.39, 0.29) is 52.0 Å². The highest BCUT2D eigenvalue weighted by molar-refractivity contribution is 7.59. The summed E-state index contributed by atoms with van der Waals surface area (Å²) in [5.41, 5.74) is 15.1. The number of benzene rings is 8. The van der Waals surface area contributed by atoms with Crippen LogP contribution in [0, 0.1) is 24.0 Å². The van der Waals surface area contributed by atoms with E-state index in [9.17, 15) is 15.2 Å². The summed E-state index contributed by atoms with van der Waals surface area (Å²) in [7, 11) is 10.1. The number of ether oxygens (including phenoxy) is 9. The van der Waals surface area contributed by atoms with Gasteiger partial charge in [-0.3, -0.25) is 29.7 Å². The molecule has 16 rings (SSSR count). The van der Waals surface area contributed by atoms with Gasteiger partial charge < -0.3 is 47.7 Å². The molecular formula is C75H81N5O18S2. The van der Waals surface area contributed by atoms with Crippen LogP contribution in [0.5, 0.6) is 80.5 Å². The number of methoxy groups -OCH3 is 5. The van der Waals surface area contributed by atoms with Crippen molar-refractivity contribution < 1.29 is 77.9 Å². The molecule has 0 saturated carbocycles. The van der Waals surface area contributed by atoms with Gasteiger partial charge in [-0.1, -0.05) is 48.5 Å². The van der Waals surface area contributed by atoms with E-state index < -0.39 is 21.2 Å². The zero-order valence-electron chi connectivity index (χ0n) is 57.7. The maximum atomic E-state index is 12.7. The SMILES string of the molecule is COc1ccc2cc1Oc1ccc(cc1)C[C@H]1c3cc(c(C)cc3CCN1C)Oc1c(O)c(OC)cc3c1[C@H](C2)N(C)CC3.COc1ccc2cc1Oc1ccc(cc1)C[C@H]1c3cc(c(C)cc3CCN1C)Oc1c(OC)c(OC)c([N+](=O)[O-])c3c1[C@H](C2)N(C)CC3.O=S(=O)=O.O=S(=O)=O. The molecule has 0 unspecified atom stereocenters. The molecule has 4 atom stereocenters. The monoisotopic (exact) mass is 1400 g/mol. The Bertz CT molecular complexity index is 4610. The third-order valence-electron chi connectivity index (χ3n) is 19.8. The number of phenols is 1. The fraction of sp³-hybridized carbons (Fsp3) is 0.360. The van der Waals surface area contributed by atoms with Crippen LogP contribution >= 0.6 is 0 Å². The lowest BCUT2D eigenvalue weighted by Crippen LogP contribution is -2.34. The van der Waals surface area contributed by atoms with Crippen molar-refractivity contribution in [2.75, 3.05) is 89.9 Å². The molecule has 0 aliphatic carbocycles. The van der Waals surface area contributed by atoms with Crippen LogP contribution < -0.4 is 42.6 Å². The molecule has 8 aliphatic heterocycles. The summed E-state index contributed by atoms with van der Waals surface area (Å²) in [6.45, 7) is 7.59. The molecule has 25 heteroatoms. The van der Waals surface area contributed by atoms with Crippen molar-refractivity contribution >= 4 is 26.9 Å². The standard InChI is InChI=1S/C38H41N3O7.C37H40N2O5.2O3S/c1-22-17-25-13-15-39(2)29-18-23-7-10-26(11-8-23)47-33-20-24(9-12-31(33)44-4)19-30-34-27(14-16-40(30)3)35(41(42)43)37(45-5)38(46-6)36(34)48-32(22)21-28(25)29;1-22-16-25-12-14-38(2)29-17-23-6-9-27(10-7-23)43-33-19-24(8-11-31(33)41-4)18-30-35-26(13-15-39(30)3)20-34(42-5)36(40)37(35)44-32(22)21-28(25)29;2*1-4(2)3/h7-12,17,20-21,29-30H,13-16,18-19H2,1-6H3;6-11,16,19-21,29-30,40H,12-15,17-18H2,1-5H3;;/t2*29-,30-;;/m00../s1. The third kappa shape index (κ3) is 15.2. The highest BCUT2D eigenvalue weighted by Gasteiger charge is 2.42. The van der Waals surface area contributed by atoms with Crippen LogP contribution in [0.2, 0.25) is 0 Å². The lowest BCUT2D eigenvalue weighted by atomic mass is 9.86. The molecule has 526 valence electrons. The number of nitrogens with zero attached hydrogens (tertiary/aromatic N) is 5. The Labute approximate surface area is 584 Å². The van der Waals surface area contributed by atoms with Gasteiger partial charge in [-0.25, -0.2) is 0 Å². The quantitative estimate of drug-likeness (QED) is 0.120. The number of aryl methyl sites for hydroxylation is 2. The zero-order chi connectivity index (χ0) is 71.4. The second-order valence-electron chi connectivity index (χ2n) is 25.7. The smallest absolute Gasteiger partial charge is 0.425 e. The summed E-state index contributed by atoms with van der Waals surface area (Å²) in [5, 5.41) is 24.3. The van der Waals surface area contributed by atoms with E-state index in [1.807, 2.05) is 61.6 Å². The number of fused-ring (bicyclic) bond motifs is 4. The van der Waals surface area contributed by atoms with Crippen LogP contribution in [-0.2, 0) is 72.6 Å². The molecule has 100 heavy (non-hydrogen) atoms. The van der Waals surface area contributed by atoms with Gasteiger partial charge in [0.05, 0.1) is 40.5 Å². The van der Waals surface area contributed by atoms with Gasteiger partial charge in [-0.2, -0.15) is 0 Å². The van der Waals surface area contributed by atoms with Gasteiger partial charge in [0.25, 0.3) is 0 Å². The van der Waals surface area contributed by atoms with Crippen molar-refractivity contribution in [3.05, 3.63) is 203 Å². The van der Waals surface area contributed by atoms with Crippen LogP contribution in [0.15, 0.2) is 115 Å². The summed E-state index contributed by atoms with van der Waals surface area (Å²) in [5.74, 6) is 7.16. The molecule has 0 saturated heterocycles. The Morgan fingerprint density at radius 3 is 1.26 bits per heavy atom. The first-order chi connectivity index (χ1) is 48.0. The molecule has 0 fully saturated rings. The van der Waals surface area contributed by atoms with Crippen molar-refractivity contribution in [2.24, 2.45) is 0 Å². The Morgan fingerprint density at radius 1 is 0.440 bits per heavy atom. The zero-order valence-corrected chi connectivity index (χ0v) is 59.3. The van der Waals surface area contributed by atoms with Gasteiger partial charge in [-0.05, 0) is 221 Å². The van der Waals surface area contributed by atoms with Gasteiger partial charge >= 0.3 is 26.9 Å². The summed E-state index contributed by atoms with van der Waals surface area (Å²) >= 11 is 0. The predicted molar refractivity (Wildman–Crippen MR) is 373 cm³/mol. The summed E-state index contributed by atoms with van der Waals surface area (Å²) in [6.07, 6.45) is 6.10. The van der Waals surface area contributed by atoms with E-state index >= 15 is 0 Å². The van der Waals surface area contributed by atoms with E-state index in [0.29, 0.717) is 83.1 Å². The fourth-order valence-corrected chi connectivity index (χ4v) is 14.7. The number of hydrogen-bond donors (Lipinski definition) is 1. The highest BCUT2D eigenvalue weighted by Crippen LogP contribution is 2.57. The Kier molecular flexibility index (Phi) is 22.0. The lowest BCUT2D eigenvalue weighted by Gasteiger charge is -2.37. The molecule has 0 spiro atoms. The van der Waals surface area contributed by atoms with Crippen LogP contribution in [0.25, 0.3) is 0 Å². The van der Waals surface area contributed by atoms with E-state index in [1.54, 1.807) is 21.3 Å². The molecular weight excluding hydrogens is 1320 g/mol. The number of aromatic hydroxyl groups is 1. The molecule has 8 aromatic rings. The number of nitro groups is 1. The van der Waals surface area contributed by atoms with Crippen molar-refractivity contribution in [1.82, 2.24) is 19.6 Å². The van der Waals surface area contributed by atoms with Gasteiger partial charge in [0.15, 0.2) is 40.2 Å². The van der Waals surface area contributed by atoms with Gasteiger partial charge in [0.1, 0.15) is 23.0 Å². The largest absolute Gasteiger partial charge is 0.502 e. The van der Waals surface area contributed by atoms with Gasteiger partial charge in [0, 0.05) is 67.0 Å². The second kappa shape index (κ2) is 30.8.